The first-order valence-corrected chi connectivity index (χ1v) is 5.74. The second-order valence-electron chi connectivity index (χ2n) is 3.98. The van der Waals surface area contributed by atoms with Gasteiger partial charge >= 0.3 is 0 Å². The van der Waals surface area contributed by atoms with Crippen LogP contribution in [-0.4, -0.2) is 15.7 Å². The lowest BCUT2D eigenvalue weighted by atomic mass is 10.1. The molecule has 1 heterocycles. The van der Waals surface area contributed by atoms with Crippen molar-refractivity contribution in [2.75, 3.05) is 5.73 Å². The summed E-state index contributed by atoms with van der Waals surface area (Å²) in [5, 5.41) is 4.17. The first-order valence-electron chi connectivity index (χ1n) is 5.74. The van der Waals surface area contributed by atoms with E-state index in [4.69, 9.17) is 11.5 Å². The minimum Gasteiger partial charge on any atom is -0.383 e. The van der Waals surface area contributed by atoms with Gasteiger partial charge in [0.1, 0.15) is 11.4 Å². The number of nitrogens with zero attached hydrogens (tertiary/aromatic N) is 2. The van der Waals surface area contributed by atoms with E-state index in [1.54, 1.807) is 4.68 Å². The van der Waals surface area contributed by atoms with Crippen LogP contribution in [0.15, 0.2) is 6.20 Å². The first kappa shape index (κ1) is 12.5. The fourth-order valence-electron chi connectivity index (χ4n) is 1.91. The number of amides is 1. The summed E-state index contributed by atoms with van der Waals surface area (Å²) in [5.74, 6) is -0.130. The first-order chi connectivity index (χ1) is 7.61. The summed E-state index contributed by atoms with van der Waals surface area (Å²) in [6.07, 6.45) is 5.61. The van der Waals surface area contributed by atoms with Crippen molar-refractivity contribution in [3.63, 3.8) is 0 Å². The van der Waals surface area contributed by atoms with Gasteiger partial charge in [0.2, 0.25) is 0 Å². The van der Waals surface area contributed by atoms with Gasteiger partial charge in [-0.3, -0.25) is 4.79 Å². The van der Waals surface area contributed by atoms with Gasteiger partial charge in [-0.2, -0.15) is 5.10 Å². The molecule has 1 aromatic heterocycles. The smallest absolute Gasteiger partial charge is 0.254 e. The van der Waals surface area contributed by atoms with E-state index in [2.05, 4.69) is 18.9 Å². The van der Waals surface area contributed by atoms with Gasteiger partial charge in [0.05, 0.1) is 12.2 Å². The van der Waals surface area contributed by atoms with Crippen molar-refractivity contribution in [2.45, 2.75) is 45.6 Å². The standard InChI is InChI=1S/C11H20N4O/c1-3-5-8(6-4-2)15-10(12)9(7-14-15)11(13)16/h7-8H,3-6,12H2,1-2H3,(H2,13,16). The summed E-state index contributed by atoms with van der Waals surface area (Å²) in [6.45, 7) is 4.24. The molecular formula is C11H20N4O. The molecule has 0 saturated carbocycles. The van der Waals surface area contributed by atoms with Gasteiger partial charge in [-0.25, -0.2) is 4.68 Å². The third-order valence-corrected chi connectivity index (χ3v) is 2.69. The minimum absolute atomic E-state index is 0.267. The Hall–Kier alpha value is -1.52. The molecule has 1 amide bonds. The van der Waals surface area contributed by atoms with Gasteiger partial charge in [0.15, 0.2) is 0 Å². The highest BCUT2D eigenvalue weighted by Crippen LogP contribution is 2.24. The molecule has 1 aromatic rings. The lowest BCUT2D eigenvalue weighted by Crippen LogP contribution is -2.16. The Morgan fingerprint density at radius 2 is 2.00 bits per heavy atom. The minimum atomic E-state index is -0.518. The predicted molar refractivity (Wildman–Crippen MR) is 64.0 cm³/mol. The van der Waals surface area contributed by atoms with E-state index in [1.807, 2.05) is 0 Å². The van der Waals surface area contributed by atoms with Crippen LogP contribution in [0.25, 0.3) is 0 Å². The van der Waals surface area contributed by atoms with Crippen LogP contribution in [0.4, 0.5) is 5.82 Å². The molecule has 16 heavy (non-hydrogen) atoms. The highest BCUT2D eigenvalue weighted by Gasteiger charge is 2.17. The Bertz CT molecular complexity index is 353. The summed E-state index contributed by atoms with van der Waals surface area (Å²) in [4.78, 5) is 11.1. The number of anilines is 1. The summed E-state index contributed by atoms with van der Waals surface area (Å²) in [6, 6.07) is 0.267. The molecule has 0 aromatic carbocycles. The zero-order valence-electron chi connectivity index (χ0n) is 9.94. The molecule has 0 spiro atoms. The lowest BCUT2D eigenvalue weighted by Gasteiger charge is -2.17. The monoisotopic (exact) mass is 224 g/mol. The molecule has 5 heteroatoms. The van der Waals surface area contributed by atoms with Crippen LogP contribution in [0.5, 0.6) is 0 Å². The molecule has 0 unspecified atom stereocenters. The summed E-state index contributed by atoms with van der Waals surface area (Å²) >= 11 is 0. The fourth-order valence-corrected chi connectivity index (χ4v) is 1.91. The third kappa shape index (κ3) is 2.53. The average Bonchev–Trinajstić information content (AvgIpc) is 2.60. The van der Waals surface area contributed by atoms with Crippen LogP contribution in [0, 0.1) is 0 Å². The van der Waals surface area contributed by atoms with E-state index in [0.29, 0.717) is 11.4 Å². The van der Waals surface area contributed by atoms with Gasteiger partial charge in [-0.15, -0.1) is 0 Å². The number of rotatable bonds is 6. The molecule has 1 rings (SSSR count). The lowest BCUT2D eigenvalue weighted by molar-refractivity contribution is 0.100. The van der Waals surface area contributed by atoms with E-state index in [0.717, 1.165) is 25.7 Å². The van der Waals surface area contributed by atoms with Crippen LogP contribution in [0.1, 0.15) is 55.9 Å². The van der Waals surface area contributed by atoms with Crippen molar-refractivity contribution in [1.82, 2.24) is 9.78 Å². The Balaban J connectivity index is 2.96. The van der Waals surface area contributed by atoms with E-state index in [9.17, 15) is 4.79 Å². The van der Waals surface area contributed by atoms with Crippen LogP contribution in [0.2, 0.25) is 0 Å². The highest BCUT2D eigenvalue weighted by atomic mass is 16.1. The Labute approximate surface area is 95.8 Å². The summed E-state index contributed by atoms with van der Waals surface area (Å²) < 4.78 is 1.73. The number of primary amides is 1. The number of hydrogen-bond donors (Lipinski definition) is 2. The molecule has 4 N–H and O–H groups in total. The normalized spacial score (nSPS) is 10.9. The van der Waals surface area contributed by atoms with Crippen LogP contribution < -0.4 is 11.5 Å². The second kappa shape index (κ2) is 5.53. The molecule has 0 atom stereocenters. The van der Waals surface area contributed by atoms with E-state index in [-0.39, 0.29) is 6.04 Å². The number of aromatic nitrogens is 2. The molecule has 0 saturated heterocycles. The number of nitrogen functional groups attached to an aromatic ring is 1. The second-order valence-corrected chi connectivity index (χ2v) is 3.98. The molecule has 5 nitrogen and oxygen atoms in total. The van der Waals surface area contributed by atoms with Crippen molar-refractivity contribution in [3.05, 3.63) is 11.8 Å². The maximum Gasteiger partial charge on any atom is 0.254 e. The maximum absolute atomic E-state index is 11.1. The molecule has 0 radical (unpaired) electrons. The molecule has 0 fully saturated rings. The van der Waals surface area contributed by atoms with Crippen molar-refractivity contribution in [2.24, 2.45) is 5.73 Å². The molecule has 90 valence electrons. The zero-order chi connectivity index (χ0) is 12.1. The number of hydrogen-bond acceptors (Lipinski definition) is 3. The van der Waals surface area contributed by atoms with Gasteiger partial charge < -0.3 is 11.5 Å². The zero-order valence-corrected chi connectivity index (χ0v) is 9.94. The SMILES string of the molecule is CCCC(CCC)n1ncc(C(N)=O)c1N. The average molecular weight is 224 g/mol. The largest absolute Gasteiger partial charge is 0.383 e. The molecule has 0 aliphatic rings. The van der Waals surface area contributed by atoms with E-state index in [1.165, 1.54) is 6.20 Å². The summed E-state index contributed by atoms with van der Waals surface area (Å²) in [7, 11) is 0. The van der Waals surface area contributed by atoms with Gasteiger partial charge in [0, 0.05) is 0 Å². The number of nitrogens with two attached hydrogens (primary N) is 2. The number of carbonyl (C=O) groups is 1. The Morgan fingerprint density at radius 3 is 2.38 bits per heavy atom. The molecule has 0 aliphatic heterocycles. The van der Waals surface area contributed by atoms with Crippen LogP contribution in [-0.2, 0) is 0 Å². The maximum atomic E-state index is 11.1. The molecular weight excluding hydrogens is 204 g/mol. The third-order valence-electron chi connectivity index (χ3n) is 2.69. The van der Waals surface area contributed by atoms with E-state index >= 15 is 0 Å². The van der Waals surface area contributed by atoms with Crippen LogP contribution >= 0.6 is 0 Å². The molecule has 0 bridgehead atoms. The quantitative estimate of drug-likeness (QED) is 0.771. The fraction of sp³-hybridized carbons (Fsp3) is 0.636. The highest BCUT2D eigenvalue weighted by molar-refractivity contribution is 5.96. The van der Waals surface area contributed by atoms with E-state index < -0.39 is 5.91 Å². The van der Waals surface area contributed by atoms with Gasteiger partial charge in [0.25, 0.3) is 5.91 Å². The topological polar surface area (TPSA) is 86.9 Å². The Kier molecular flexibility index (Phi) is 4.34. The van der Waals surface area contributed by atoms with Crippen molar-refractivity contribution in [3.8, 4) is 0 Å². The van der Waals surface area contributed by atoms with Gasteiger partial charge in [-0.1, -0.05) is 26.7 Å². The number of carbonyl (C=O) groups excluding carboxylic acids is 1. The van der Waals surface area contributed by atoms with Crippen molar-refractivity contribution in [1.29, 1.82) is 0 Å². The van der Waals surface area contributed by atoms with Gasteiger partial charge in [-0.05, 0) is 12.8 Å². The van der Waals surface area contributed by atoms with Crippen LogP contribution in [0.3, 0.4) is 0 Å². The van der Waals surface area contributed by atoms with Crippen molar-refractivity contribution < 1.29 is 4.79 Å². The molecule has 0 aliphatic carbocycles. The predicted octanol–water partition coefficient (Wildman–Crippen LogP) is 1.71. The Morgan fingerprint density at radius 1 is 1.44 bits per heavy atom. The van der Waals surface area contributed by atoms with Crippen molar-refractivity contribution >= 4 is 11.7 Å². The summed E-state index contributed by atoms with van der Waals surface area (Å²) in [5.41, 5.74) is 11.4.